The Balaban J connectivity index is 1.90. The van der Waals surface area contributed by atoms with Crippen molar-refractivity contribution in [3.05, 3.63) is 54.0 Å². The van der Waals surface area contributed by atoms with Crippen LogP contribution in [0.5, 0.6) is 11.5 Å². The lowest BCUT2D eigenvalue weighted by Crippen LogP contribution is -2.20. The lowest BCUT2D eigenvalue weighted by molar-refractivity contribution is 0.262. The number of methoxy groups -OCH3 is 2. The summed E-state index contributed by atoms with van der Waals surface area (Å²) < 4.78 is 23.9. The third kappa shape index (κ3) is 4.00. The van der Waals surface area contributed by atoms with E-state index < -0.39 is 11.8 Å². The molecule has 140 valence electrons. The Morgan fingerprint density at radius 2 is 1.93 bits per heavy atom. The lowest BCUT2D eigenvalue weighted by Gasteiger charge is -2.12. The minimum atomic E-state index is -0.520. The summed E-state index contributed by atoms with van der Waals surface area (Å²) in [4.78, 5) is 12.4. The number of urea groups is 1. The number of hydrogen-bond donors (Lipinski definition) is 3. The van der Waals surface area contributed by atoms with Gasteiger partial charge in [0.15, 0.2) is 0 Å². The van der Waals surface area contributed by atoms with Crippen LogP contribution in [-0.2, 0) is 0 Å². The lowest BCUT2D eigenvalue weighted by atomic mass is 10.1. The number of aromatic nitrogens is 2. The molecule has 0 radical (unpaired) electrons. The van der Waals surface area contributed by atoms with Gasteiger partial charge in [-0.1, -0.05) is 6.07 Å². The van der Waals surface area contributed by atoms with E-state index >= 15 is 0 Å². The smallest absolute Gasteiger partial charge is 0.323 e. The molecule has 0 saturated heterocycles. The molecule has 0 aliphatic heterocycles. The van der Waals surface area contributed by atoms with Crippen molar-refractivity contribution in [1.82, 2.24) is 10.2 Å². The van der Waals surface area contributed by atoms with Gasteiger partial charge in [0, 0.05) is 11.3 Å². The van der Waals surface area contributed by atoms with Crippen LogP contribution in [0.3, 0.4) is 0 Å². The molecule has 3 N–H and O–H groups in total. The van der Waals surface area contributed by atoms with Crippen molar-refractivity contribution < 1.29 is 18.7 Å². The first-order chi connectivity index (χ1) is 13.0. The second-order valence-corrected chi connectivity index (χ2v) is 5.73. The summed E-state index contributed by atoms with van der Waals surface area (Å²) in [5.74, 6) is 0.770. The number of hydrogen-bond acceptors (Lipinski definition) is 4. The van der Waals surface area contributed by atoms with Gasteiger partial charge in [-0.2, -0.15) is 5.10 Å². The van der Waals surface area contributed by atoms with Crippen molar-refractivity contribution >= 4 is 17.4 Å². The third-order valence-corrected chi connectivity index (χ3v) is 3.93. The summed E-state index contributed by atoms with van der Waals surface area (Å²) in [6, 6.07) is 10.4. The van der Waals surface area contributed by atoms with E-state index in [2.05, 4.69) is 20.8 Å². The number of amides is 2. The van der Waals surface area contributed by atoms with Crippen molar-refractivity contribution in [2.75, 3.05) is 24.9 Å². The number of aryl methyl sites for hydroxylation is 1. The molecule has 2 amide bonds. The van der Waals surface area contributed by atoms with Crippen molar-refractivity contribution in [3.8, 4) is 22.8 Å². The van der Waals surface area contributed by atoms with Crippen LogP contribution < -0.4 is 20.1 Å². The summed E-state index contributed by atoms with van der Waals surface area (Å²) in [5.41, 5.74) is 2.63. The third-order valence-electron chi connectivity index (χ3n) is 3.93. The SMILES string of the molecule is COc1ccc(OC)c(-c2n[nH]c(C)c2NC(=O)Nc2cccc(F)c2)c1. The first-order valence-corrected chi connectivity index (χ1v) is 8.12. The van der Waals surface area contributed by atoms with Crippen LogP contribution >= 0.6 is 0 Å². The van der Waals surface area contributed by atoms with Gasteiger partial charge < -0.3 is 20.1 Å². The molecule has 0 unspecified atom stereocenters. The van der Waals surface area contributed by atoms with Crippen LogP contribution in [0.1, 0.15) is 5.69 Å². The average molecular weight is 370 g/mol. The topological polar surface area (TPSA) is 88.3 Å². The highest BCUT2D eigenvalue weighted by Crippen LogP contribution is 2.37. The van der Waals surface area contributed by atoms with E-state index in [1.54, 1.807) is 45.4 Å². The molecule has 1 aromatic heterocycles. The molecule has 0 spiro atoms. The Hall–Kier alpha value is -3.55. The van der Waals surface area contributed by atoms with Gasteiger partial charge in [-0.3, -0.25) is 5.10 Å². The number of halogens is 1. The number of benzene rings is 2. The zero-order chi connectivity index (χ0) is 19.4. The fourth-order valence-electron chi connectivity index (χ4n) is 2.62. The normalized spacial score (nSPS) is 10.4. The molecule has 0 fully saturated rings. The molecule has 0 bridgehead atoms. The maximum Gasteiger partial charge on any atom is 0.323 e. The van der Waals surface area contributed by atoms with Crippen LogP contribution in [0.4, 0.5) is 20.6 Å². The maximum absolute atomic E-state index is 13.3. The van der Waals surface area contributed by atoms with E-state index in [4.69, 9.17) is 9.47 Å². The molecule has 0 aliphatic carbocycles. The monoisotopic (exact) mass is 370 g/mol. The van der Waals surface area contributed by atoms with Crippen LogP contribution in [0.2, 0.25) is 0 Å². The summed E-state index contributed by atoms with van der Waals surface area (Å²) >= 11 is 0. The molecule has 2 aromatic carbocycles. The Morgan fingerprint density at radius 3 is 2.63 bits per heavy atom. The molecular weight excluding hydrogens is 351 g/mol. The van der Waals surface area contributed by atoms with Gasteiger partial charge in [-0.15, -0.1) is 0 Å². The maximum atomic E-state index is 13.3. The number of carbonyl (C=O) groups excluding carboxylic acids is 1. The van der Waals surface area contributed by atoms with Crippen molar-refractivity contribution in [1.29, 1.82) is 0 Å². The number of nitrogens with one attached hydrogen (secondary N) is 3. The van der Waals surface area contributed by atoms with E-state index in [0.29, 0.717) is 39.8 Å². The van der Waals surface area contributed by atoms with Gasteiger partial charge in [-0.25, -0.2) is 9.18 Å². The number of nitrogens with zero attached hydrogens (tertiary/aromatic N) is 1. The Bertz CT molecular complexity index is 971. The zero-order valence-corrected chi connectivity index (χ0v) is 15.1. The fraction of sp³-hybridized carbons (Fsp3) is 0.158. The van der Waals surface area contributed by atoms with Crippen LogP contribution in [-0.4, -0.2) is 30.4 Å². The molecule has 0 atom stereocenters. The largest absolute Gasteiger partial charge is 0.497 e. The summed E-state index contributed by atoms with van der Waals surface area (Å²) in [5, 5.41) is 12.5. The highest BCUT2D eigenvalue weighted by molar-refractivity contribution is 6.02. The molecule has 1 heterocycles. The number of ether oxygens (including phenoxy) is 2. The summed E-state index contributed by atoms with van der Waals surface area (Å²) in [7, 11) is 3.11. The van der Waals surface area contributed by atoms with E-state index in [0.717, 1.165) is 0 Å². The molecular formula is C19H19FN4O3. The minimum Gasteiger partial charge on any atom is -0.497 e. The van der Waals surface area contributed by atoms with Gasteiger partial charge in [0.05, 0.1) is 25.6 Å². The van der Waals surface area contributed by atoms with Crippen molar-refractivity contribution in [3.63, 3.8) is 0 Å². The number of aromatic amines is 1. The number of rotatable bonds is 5. The first kappa shape index (κ1) is 18.2. The Labute approximate surface area is 155 Å². The molecule has 0 aliphatic rings. The fourth-order valence-corrected chi connectivity index (χ4v) is 2.62. The molecule has 7 nitrogen and oxygen atoms in total. The highest BCUT2D eigenvalue weighted by Gasteiger charge is 2.19. The summed E-state index contributed by atoms with van der Waals surface area (Å²) in [6.45, 7) is 1.78. The molecule has 0 saturated carbocycles. The molecule has 3 rings (SSSR count). The minimum absolute atomic E-state index is 0.342. The predicted octanol–water partition coefficient (Wildman–Crippen LogP) is 4.19. The van der Waals surface area contributed by atoms with Gasteiger partial charge >= 0.3 is 6.03 Å². The van der Waals surface area contributed by atoms with E-state index in [1.807, 2.05) is 0 Å². The van der Waals surface area contributed by atoms with Crippen LogP contribution in [0.25, 0.3) is 11.3 Å². The van der Waals surface area contributed by atoms with Crippen LogP contribution in [0, 0.1) is 12.7 Å². The van der Waals surface area contributed by atoms with Gasteiger partial charge in [0.1, 0.15) is 23.0 Å². The quantitative estimate of drug-likeness (QED) is 0.628. The molecule has 27 heavy (non-hydrogen) atoms. The zero-order valence-electron chi connectivity index (χ0n) is 15.1. The Kier molecular flexibility index (Phi) is 5.25. The van der Waals surface area contributed by atoms with Crippen LogP contribution in [0.15, 0.2) is 42.5 Å². The number of carbonyl (C=O) groups is 1. The second-order valence-electron chi connectivity index (χ2n) is 5.73. The van der Waals surface area contributed by atoms with Gasteiger partial charge in [-0.05, 0) is 43.3 Å². The van der Waals surface area contributed by atoms with E-state index in [1.165, 1.54) is 18.2 Å². The number of H-pyrrole nitrogens is 1. The number of anilines is 2. The van der Waals surface area contributed by atoms with E-state index in [9.17, 15) is 9.18 Å². The average Bonchev–Trinajstić information content (AvgIpc) is 3.01. The predicted molar refractivity (Wildman–Crippen MR) is 101 cm³/mol. The summed E-state index contributed by atoms with van der Waals surface area (Å²) in [6.07, 6.45) is 0. The van der Waals surface area contributed by atoms with Gasteiger partial charge in [0.2, 0.25) is 0 Å². The Morgan fingerprint density at radius 1 is 1.11 bits per heavy atom. The van der Waals surface area contributed by atoms with Crippen molar-refractivity contribution in [2.45, 2.75) is 6.92 Å². The molecule has 3 aromatic rings. The van der Waals surface area contributed by atoms with E-state index in [-0.39, 0.29) is 0 Å². The molecule has 8 heteroatoms. The van der Waals surface area contributed by atoms with Crippen molar-refractivity contribution in [2.24, 2.45) is 0 Å². The highest BCUT2D eigenvalue weighted by atomic mass is 19.1. The first-order valence-electron chi connectivity index (χ1n) is 8.12. The van der Waals surface area contributed by atoms with Gasteiger partial charge in [0.25, 0.3) is 0 Å². The standard InChI is InChI=1S/C19H19FN4O3/c1-11-17(22-19(25)21-13-6-4-5-12(20)9-13)18(24-23-11)15-10-14(26-2)7-8-16(15)27-3/h4-10H,1-3H3,(H,23,24)(H2,21,22,25). The second kappa shape index (κ2) is 7.77.